The summed E-state index contributed by atoms with van der Waals surface area (Å²) in [6.45, 7) is 5.77. The molecule has 0 rings (SSSR count). The van der Waals surface area contributed by atoms with Crippen LogP contribution in [0.3, 0.4) is 0 Å². The average Bonchev–Trinajstić information content (AvgIpc) is 2.02. The van der Waals surface area contributed by atoms with Crippen LogP contribution in [-0.2, 0) is 14.3 Å². The summed E-state index contributed by atoms with van der Waals surface area (Å²) in [6.07, 6.45) is 0.357. The van der Waals surface area contributed by atoms with Crippen LogP contribution in [0.5, 0.6) is 0 Å². The topological polar surface area (TPSA) is 66.4 Å². The summed E-state index contributed by atoms with van der Waals surface area (Å²) < 4.78 is 4.67. The number of carbonyl (C=O) groups excluding carboxylic acids is 2. The second-order valence-corrected chi connectivity index (χ2v) is 3.65. The van der Waals surface area contributed by atoms with Gasteiger partial charge in [0.2, 0.25) is 0 Å². The van der Waals surface area contributed by atoms with Crippen molar-refractivity contribution in [3.05, 3.63) is 0 Å². The van der Waals surface area contributed by atoms with Crippen molar-refractivity contribution < 1.29 is 19.4 Å². The molecule has 0 aliphatic carbocycles. The Hall–Kier alpha value is -1.06. The Kier molecular flexibility index (Phi) is 5.92. The molecule has 1 unspecified atom stereocenters. The van der Waals surface area contributed by atoms with Crippen molar-refractivity contribution in [2.45, 2.75) is 33.6 Å². The zero-order valence-corrected chi connectivity index (χ0v) is 8.91. The van der Waals surface area contributed by atoms with E-state index in [9.17, 15) is 14.7 Å². The molecule has 0 bridgehead atoms. The van der Waals surface area contributed by atoms with Gasteiger partial charge < -0.3 is 14.6 Å². The Bertz CT molecular complexity index is 198. The summed E-state index contributed by atoms with van der Waals surface area (Å²) in [5, 5.41) is 10.7. The van der Waals surface area contributed by atoms with Crippen LogP contribution in [0.2, 0.25) is 0 Å². The van der Waals surface area contributed by atoms with Crippen molar-refractivity contribution in [1.82, 2.24) is 0 Å². The molecule has 0 amide bonds. The number of hydrogen-bond acceptors (Lipinski definition) is 4. The third-order valence-corrected chi connectivity index (χ3v) is 1.81. The van der Waals surface area contributed by atoms with Crippen molar-refractivity contribution in [2.75, 3.05) is 6.61 Å². The molecule has 14 heavy (non-hydrogen) atoms. The molecule has 0 radical (unpaired) electrons. The van der Waals surface area contributed by atoms with Crippen molar-refractivity contribution in [1.29, 1.82) is 0 Å². The van der Waals surface area contributed by atoms with Gasteiger partial charge in [0, 0.05) is 11.9 Å². The first-order chi connectivity index (χ1) is 6.47. The molecule has 4 heteroatoms. The highest BCUT2D eigenvalue weighted by Gasteiger charge is 2.17. The first kappa shape index (κ1) is 12.9. The van der Waals surface area contributed by atoms with Gasteiger partial charge in [-0.2, -0.15) is 0 Å². The highest BCUT2D eigenvalue weighted by atomic mass is 16.5. The maximum atomic E-state index is 11.0. The molecule has 0 spiro atoms. The molecule has 0 aromatic rings. The number of carbonyl (C=O) groups is 2. The second-order valence-electron chi connectivity index (χ2n) is 3.65. The predicted octanol–water partition coefficient (Wildman–Crippen LogP) is 0.352. The highest BCUT2D eigenvalue weighted by molar-refractivity contribution is 5.77. The van der Waals surface area contributed by atoms with Gasteiger partial charge in [-0.25, -0.2) is 0 Å². The van der Waals surface area contributed by atoms with Crippen molar-refractivity contribution in [3.8, 4) is 0 Å². The molecule has 82 valence electrons. The molecule has 0 aliphatic heterocycles. The molecule has 4 nitrogen and oxygen atoms in total. The standard InChI is InChI=1S/C10H18O4/c1-4-14-9(11)6-8(10(12)13)5-7(2)3/h7-8H,4-6H2,1-3H3,(H,12,13)/p-1. The largest absolute Gasteiger partial charge is 0.550 e. The Morgan fingerprint density at radius 3 is 2.29 bits per heavy atom. The van der Waals surface area contributed by atoms with Crippen LogP contribution in [0.15, 0.2) is 0 Å². The molecule has 0 saturated carbocycles. The van der Waals surface area contributed by atoms with E-state index >= 15 is 0 Å². The Morgan fingerprint density at radius 2 is 1.93 bits per heavy atom. The van der Waals surface area contributed by atoms with E-state index < -0.39 is 17.9 Å². The zero-order chi connectivity index (χ0) is 11.1. The molecular weight excluding hydrogens is 184 g/mol. The number of hydrogen-bond donors (Lipinski definition) is 0. The van der Waals surface area contributed by atoms with Gasteiger partial charge in [0.15, 0.2) is 0 Å². The zero-order valence-electron chi connectivity index (χ0n) is 8.91. The predicted molar refractivity (Wildman–Crippen MR) is 49.2 cm³/mol. The lowest BCUT2D eigenvalue weighted by molar-refractivity contribution is -0.312. The molecule has 0 heterocycles. The normalized spacial score (nSPS) is 12.6. The quantitative estimate of drug-likeness (QED) is 0.582. The monoisotopic (exact) mass is 201 g/mol. The van der Waals surface area contributed by atoms with Gasteiger partial charge in [0.05, 0.1) is 13.0 Å². The fourth-order valence-electron chi connectivity index (χ4n) is 1.25. The molecular formula is C10H17O4-. The minimum atomic E-state index is -1.17. The Balaban J connectivity index is 4.09. The smallest absolute Gasteiger partial charge is 0.306 e. The third kappa shape index (κ3) is 5.56. The van der Waals surface area contributed by atoms with E-state index in [0.29, 0.717) is 6.42 Å². The maximum absolute atomic E-state index is 11.0. The van der Waals surface area contributed by atoms with Gasteiger partial charge in [-0.3, -0.25) is 4.79 Å². The SMILES string of the molecule is CCOC(=O)CC(CC(C)C)C(=O)[O-]. The van der Waals surface area contributed by atoms with Gasteiger partial charge >= 0.3 is 5.97 Å². The van der Waals surface area contributed by atoms with Crippen molar-refractivity contribution >= 4 is 11.9 Å². The fraction of sp³-hybridized carbons (Fsp3) is 0.800. The Morgan fingerprint density at radius 1 is 1.36 bits per heavy atom. The minimum Gasteiger partial charge on any atom is -0.550 e. The summed E-state index contributed by atoms with van der Waals surface area (Å²) in [7, 11) is 0. The van der Waals surface area contributed by atoms with Crippen LogP contribution in [0, 0.1) is 11.8 Å². The van der Waals surface area contributed by atoms with Crippen LogP contribution in [0.1, 0.15) is 33.6 Å². The molecule has 1 atom stereocenters. The van der Waals surface area contributed by atoms with Gasteiger partial charge in [-0.1, -0.05) is 13.8 Å². The van der Waals surface area contributed by atoms with E-state index in [0.717, 1.165) is 0 Å². The second kappa shape index (κ2) is 6.40. The first-order valence-corrected chi connectivity index (χ1v) is 4.83. The molecule has 0 aliphatic rings. The van der Waals surface area contributed by atoms with Crippen LogP contribution >= 0.6 is 0 Å². The number of carboxylic acid groups (broad SMARTS) is 1. The molecule has 0 saturated heterocycles. The van der Waals surface area contributed by atoms with Crippen LogP contribution in [0.25, 0.3) is 0 Å². The number of esters is 1. The van der Waals surface area contributed by atoms with Gasteiger partial charge in [0.25, 0.3) is 0 Å². The van der Waals surface area contributed by atoms with E-state index in [2.05, 4.69) is 4.74 Å². The van der Waals surface area contributed by atoms with E-state index in [-0.39, 0.29) is 18.9 Å². The lowest BCUT2D eigenvalue weighted by Crippen LogP contribution is -2.34. The van der Waals surface area contributed by atoms with E-state index in [1.54, 1.807) is 6.92 Å². The highest BCUT2D eigenvalue weighted by Crippen LogP contribution is 2.15. The number of ether oxygens (including phenoxy) is 1. The number of carboxylic acids is 1. The summed E-state index contributed by atoms with van der Waals surface area (Å²) in [5.74, 6) is -2.14. The summed E-state index contributed by atoms with van der Waals surface area (Å²) in [6, 6.07) is 0. The summed E-state index contributed by atoms with van der Waals surface area (Å²) in [4.78, 5) is 21.7. The van der Waals surface area contributed by atoms with E-state index in [1.807, 2.05) is 13.8 Å². The molecule has 0 fully saturated rings. The lowest BCUT2D eigenvalue weighted by atomic mass is 9.94. The van der Waals surface area contributed by atoms with Gasteiger partial charge in [-0.15, -0.1) is 0 Å². The fourth-order valence-corrected chi connectivity index (χ4v) is 1.25. The van der Waals surface area contributed by atoms with Gasteiger partial charge in [0.1, 0.15) is 0 Å². The lowest BCUT2D eigenvalue weighted by Gasteiger charge is -2.18. The number of rotatable bonds is 6. The van der Waals surface area contributed by atoms with Crippen LogP contribution in [0.4, 0.5) is 0 Å². The minimum absolute atomic E-state index is 0.0889. The Labute approximate surface area is 84.3 Å². The molecule has 0 aromatic heterocycles. The number of aliphatic carboxylic acids is 1. The van der Waals surface area contributed by atoms with E-state index in [4.69, 9.17) is 0 Å². The van der Waals surface area contributed by atoms with Gasteiger partial charge in [-0.05, 0) is 19.3 Å². The van der Waals surface area contributed by atoms with Crippen LogP contribution < -0.4 is 5.11 Å². The summed E-state index contributed by atoms with van der Waals surface area (Å²) in [5.41, 5.74) is 0. The third-order valence-electron chi connectivity index (χ3n) is 1.81. The molecule has 0 aromatic carbocycles. The van der Waals surface area contributed by atoms with Crippen LogP contribution in [-0.4, -0.2) is 18.5 Å². The average molecular weight is 201 g/mol. The summed E-state index contributed by atoms with van der Waals surface area (Å²) >= 11 is 0. The van der Waals surface area contributed by atoms with Crippen molar-refractivity contribution in [2.24, 2.45) is 11.8 Å². The van der Waals surface area contributed by atoms with E-state index in [1.165, 1.54) is 0 Å². The maximum Gasteiger partial charge on any atom is 0.306 e. The first-order valence-electron chi connectivity index (χ1n) is 4.83. The molecule has 0 N–H and O–H groups in total. The van der Waals surface area contributed by atoms with Crippen molar-refractivity contribution in [3.63, 3.8) is 0 Å².